The lowest BCUT2D eigenvalue weighted by molar-refractivity contribution is -0.144. The van der Waals surface area contributed by atoms with E-state index in [1.165, 1.54) is 26.4 Å². The Morgan fingerprint density at radius 1 is 1.06 bits per heavy atom. The first-order valence-electron chi connectivity index (χ1n) is 13.4. The molecule has 0 aliphatic carbocycles. The minimum Gasteiger partial charge on any atom is -0.497 e. The summed E-state index contributed by atoms with van der Waals surface area (Å²) in [6.07, 6.45) is 6.88. The zero-order chi connectivity index (χ0) is 26.7. The molecule has 1 aliphatic heterocycles. The first kappa shape index (κ1) is 29.5. The number of hydrogen-bond donors (Lipinski definition) is 1. The van der Waals surface area contributed by atoms with Gasteiger partial charge in [0.05, 0.1) is 19.8 Å². The van der Waals surface area contributed by atoms with Crippen molar-refractivity contribution in [1.29, 1.82) is 0 Å². The predicted molar refractivity (Wildman–Crippen MR) is 141 cm³/mol. The van der Waals surface area contributed by atoms with Gasteiger partial charge in [-0.25, -0.2) is 0 Å². The Labute approximate surface area is 216 Å². The minimum atomic E-state index is -0.665. The number of amides is 3. The van der Waals surface area contributed by atoms with Gasteiger partial charge in [-0.2, -0.15) is 0 Å². The molecule has 2 rings (SSSR count). The highest BCUT2D eigenvalue weighted by atomic mass is 16.5. The largest absolute Gasteiger partial charge is 0.497 e. The van der Waals surface area contributed by atoms with Gasteiger partial charge in [-0.3, -0.25) is 14.4 Å². The maximum absolute atomic E-state index is 13.6. The number of methoxy groups -OCH3 is 2. The summed E-state index contributed by atoms with van der Waals surface area (Å²) in [4.78, 5) is 43.2. The molecule has 1 aromatic carbocycles. The molecule has 3 amide bonds. The summed E-state index contributed by atoms with van der Waals surface area (Å²) in [5.74, 6) is 0.619. The number of benzene rings is 1. The average molecular weight is 504 g/mol. The number of nitrogens with one attached hydrogen (secondary N) is 1. The number of piperazine rings is 1. The Balaban J connectivity index is 2.03. The molecular weight excluding hydrogens is 458 g/mol. The van der Waals surface area contributed by atoms with E-state index in [9.17, 15) is 14.4 Å². The van der Waals surface area contributed by atoms with Crippen molar-refractivity contribution in [3.8, 4) is 11.5 Å². The molecule has 0 aromatic heterocycles. The van der Waals surface area contributed by atoms with Gasteiger partial charge >= 0.3 is 0 Å². The third-order valence-corrected chi connectivity index (χ3v) is 7.17. The van der Waals surface area contributed by atoms with Crippen molar-refractivity contribution in [2.45, 2.75) is 84.7 Å². The van der Waals surface area contributed by atoms with Gasteiger partial charge in [0.2, 0.25) is 11.8 Å². The van der Waals surface area contributed by atoms with Crippen LogP contribution in [0, 0.1) is 5.92 Å². The van der Waals surface area contributed by atoms with Crippen LogP contribution in [0.25, 0.3) is 0 Å². The van der Waals surface area contributed by atoms with Gasteiger partial charge in [-0.1, -0.05) is 52.9 Å². The summed E-state index contributed by atoms with van der Waals surface area (Å²) in [5, 5.41) is 2.96. The lowest BCUT2D eigenvalue weighted by Crippen LogP contribution is -2.60. The molecule has 0 spiro atoms. The Morgan fingerprint density at radius 3 is 2.39 bits per heavy atom. The average Bonchev–Trinajstić information content (AvgIpc) is 2.89. The van der Waals surface area contributed by atoms with Crippen LogP contribution in [-0.2, 0) is 9.59 Å². The molecule has 0 radical (unpaired) electrons. The monoisotopic (exact) mass is 503 g/mol. The second-order valence-electron chi connectivity index (χ2n) is 9.79. The summed E-state index contributed by atoms with van der Waals surface area (Å²) >= 11 is 0. The molecule has 1 heterocycles. The van der Waals surface area contributed by atoms with Gasteiger partial charge in [0.25, 0.3) is 5.91 Å². The molecule has 1 aromatic rings. The molecule has 1 N–H and O–H groups in total. The quantitative estimate of drug-likeness (QED) is 0.406. The van der Waals surface area contributed by atoms with E-state index < -0.39 is 6.04 Å². The van der Waals surface area contributed by atoms with Crippen molar-refractivity contribution in [3.63, 3.8) is 0 Å². The normalized spacial score (nSPS) is 17.3. The van der Waals surface area contributed by atoms with Crippen LogP contribution in [0.4, 0.5) is 0 Å². The molecular formula is C28H45N3O5. The lowest BCUT2D eigenvalue weighted by atomic mass is 9.96. The van der Waals surface area contributed by atoms with Gasteiger partial charge in [-0.15, -0.1) is 0 Å². The van der Waals surface area contributed by atoms with Gasteiger partial charge in [0, 0.05) is 38.2 Å². The Hall–Kier alpha value is -2.77. The van der Waals surface area contributed by atoms with E-state index in [-0.39, 0.29) is 29.7 Å². The summed E-state index contributed by atoms with van der Waals surface area (Å²) in [6.45, 7) is 9.61. The van der Waals surface area contributed by atoms with Crippen molar-refractivity contribution in [2.75, 3.05) is 33.9 Å². The van der Waals surface area contributed by atoms with Crippen molar-refractivity contribution >= 4 is 17.7 Å². The number of nitrogens with zero attached hydrogens (tertiary/aromatic N) is 2. The van der Waals surface area contributed by atoms with Crippen LogP contribution in [0.2, 0.25) is 0 Å². The SMILES string of the molecule is CCCCCCCC(=O)N1CCN(C(=O)[C@H](NC(=O)c2ccc(OC)cc2OC)[C@H](C)CC)C[C@@H]1C. The van der Waals surface area contributed by atoms with E-state index in [1.807, 2.05) is 25.7 Å². The van der Waals surface area contributed by atoms with E-state index >= 15 is 0 Å². The number of carbonyl (C=O) groups excluding carboxylic acids is 3. The van der Waals surface area contributed by atoms with Crippen LogP contribution in [0.15, 0.2) is 18.2 Å². The zero-order valence-electron chi connectivity index (χ0n) is 23.0. The van der Waals surface area contributed by atoms with Crippen molar-refractivity contribution in [2.24, 2.45) is 5.92 Å². The van der Waals surface area contributed by atoms with Crippen LogP contribution >= 0.6 is 0 Å². The highest BCUT2D eigenvalue weighted by Gasteiger charge is 2.35. The molecule has 0 saturated carbocycles. The maximum Gasteiger partial charge on any atom is 0.255 e. The molecule has 0 unspecified atom stereocenters. The van der Waals surface area contributed by atoms with Gasteiger partial charge in [-0.05, 0) is 31.4 Å². The van der Waals surface area contributed by atoms with E-state index in [0.717, 1.165) is 19.3 Å². The predicted octanol–water partition coefficient (Wildman–Crippen LogP) is 4.27. The van der Waals surface area contributed by atoms with Crippen molar-refractivity contribution < 1.29 is 23.9 Å². The molecule has 1 fully saturated rings. The lowest BCUT2D eigenvalue weighted by Gasteiger charge is -2.41. The van der Waals surface area contributed by atoms with Gasteiger partial charge in [0.1, 0.15) is 17.5 Å². The third-order valence-electron chi connectivity index (χ3n) is 7.17. The first-order chi connectivity index (χ1) is 17.3. The topological polar surface area (TPSA) is 88.2 Å². The number of ether oxygens (including phenoxy) is 2. The van der Waals surface area contributed by atoms with Crippen LogP contribution in [0.3, 0.4) is 0 Å². The van der Waals surface area contributed by atoms with Crippen LogP contribution in [0.5, 0.6) is 11.5 Å². The molecule has 1 aliphatic rings. The third kappa shape index (κ3) is 7.87. The van der Waals surface area contributed by atoms with Gasteiger partial charge < -0.3 is 24.6 Å². The smallest absolute Gasteiger partial charge is 0.255 e. The fourth-order valence-corrected chi connectivity index (χ4v) is 4.64. The van der Waals surface area contributed by atoms with Crippen molar-refractivity contribution in [3.05, 3.63) is 23.8 Å². The number of rotatable bonds is 13. The second-order valence-corrected chi connectivity index (χ2v) is 9.79. The fourth-order valence-electron chi connectivity index (χ4n) is 4.64. The first-order valence-corrected chi connectivity index (χ1v) is 13.4. The highest BCUT2D eigenvalue weighted by molar-refractivity contribution is 6.00. The number of hydrogen-bond acceptors (Lipinski definition) is 5. The minimum absolute atomic E-state index is 0.0521. The Kier molecular flexibility index (Phi) is 12.0. The highest BCUT2D eigenvalue weighted by Crippen LogP contribution is 2.25. The summed E-state index contributed by atoms with van der Waals surface area (Å²) < 4.78 is 10.6. The zero-order valence-corrected chi connectivity index (χ0v) is 23.0. The van der Waals surface area contributed by atoms with E-state index in [4.69, 9.17) is 9.47 Å². The molecule has 3 atom stereocenters. The summed E-state index contributed by atoms with van der Waals surface area (Å²) in [5.41, 5.74) is 0.349. The number of carbonyl (C=O) groups is 3. The molecule has 202 valence electrons. The van der Waals surface area contributed by atoms with E-state index in [2.05, 4.69) is 12.2 Å². The van der Waals surface area contributed by atoms with Gasteiger partial charge in [0.15, 0.2) is 0 Å². The summed E-state index contributed by atoms with van der Waals surface area (Å²) in [6, 6.07) is 4.26. The van der Waals surface area contributed by atoms with Crippen LogP contribution < -0.4 is 14.8 Å². The van der Waals surface area contributed by atoms with E-state index in [1.54, 1.807) is 30.2 Å². The molecule has 36 heavy (non-hydrogen) atoms. The fraction of sp³-hybridized carbons (Fsp3) is 0.679. The standard InChI is InChI=1S/C28H45N3O5/c1-7-9-10-11-12-13-25(32)31-17-16-30(19-21(31)4)28(34)26(20(3)8-2)29-27(33)23-15-14-22(35-5)18-24(23)36-6/h14-15,18,20-21,26H,7-13,16-17,19H2,1-6H3,(H,29,33)/t20-,21+,26-/m1/s1. The molecule has 8 heteroatoms. The van der Waals surface area contributed by atoms with Crippen LogP contribution in [-0.4, -0.2) is 73.5 Å². The van der Waals surface area contributed by atoms with E-state index in [0.29, 0.717) is 43.1 Å². The van der Waals surface area contributed by atoms with Crippen molar-refractivity contribution in [1.82, 2.24) is 15.1 Å². The maximum atomic E-state index is 13.6. The molecule has 1 saturated heterocycles. The Morgan fingerprint density at radius 2 is 1.78 bits per heavy atom. The van der Waals surface area contributed by atoms with Crippen LogP contribution in [0.1, 0.15) is 83.0 Å². The number of unbranched alkanes of at least 4 members (excludes halogenated alkanes) is 4. The summed E-state index contributed by atoms with van der Waals surface area (Å²) in [7, 11) is 3.05. The molecule has 0 bridgehead atoms. The second kappa shape index (κ2) is 14.7. The Bertz CT molecular complexity index is 875. The molecule has 8 nitrogen and oxygen atoms in total.